The highest BCUT2D eigenvalue weighted by Crippen LogP contribution is 2.33. The Morgan fingerprint density at radius 2 is 1.53 bits per heavy atom. The first kappa shape index (κ1) is 26.7. The molecule has 196 valence electrons. The summed E-state index contributed by atoms with van der Waals surface area (Å²) in [6, 6.07) is 19.6. The Morgan fingerprint density at radius 1 is 0.921 bits per heavy atom. The lowest BCUT2D eigenvalue weighted by atomic mass is 10.1. The van der Waals surface area contributed by atoms with Crippen molar-refractivity contribution in [2.75, 3.05) is 27.1 Å². The van der Waals surface area contributed by atoms with E-state index in [4.69, 9.17) is 14.2 Å². The minimum absolute atomic E-state index is 0.0894. The molecule has 1 heterocycles. The number of hydrazone groups is 1. The Kier molecular flexibility index (Phi) is 8.65. The van der Waals surface area contributed by atoms with Crippen molar-refractivity contribution in [3.8, 4) is 34.3 Å². The van der Waals surface area contributed by atoms with E-state index in [1.54, 1.807) is 19.2 Å². The van der Waals surface area contributed by atoms with E-state index in [0.717, 1.165) is 22.4 Å². The third-order valence-corrected chi connectivity index (χ3v) is 6.63. The molecule has 3 aromatic carbocycles. The Bertz CT molecular complexity index is 1410. The molecule has 4 rings (SSSR count). The van der Waals surface area contributed by atoms with Crippen LogP contribution >= 0.6 is 11.8 Å². The van der Waals surface area contributed by atoms with Gasteiger partial charge in [0.25, 0.3) is 5.91 Å². The van der Waals surface area contributed by atoms with Gasteiger partial charge in [-0.25, -0.2) is 5.43 Å². The lowest BCUT2D eigenvalue weighted by Gasteiger charge is -2.12. The van der Waals surface area contributed by atoms with Crippen LogP contribution in [-0.4, -0.2) is 54.0 Å². The second-order valence-corrected chi connectivity index (χ2v) is 9.31. The highest BCUT2D eigenvalue weighted by molar-refractivity contribution is 7.99. The molecule has 0 bridgehead atoms. The van der Waals surface area contributed by atoms with Gasteiger partial charge in [-0.3, -0.25) is 9.36 Å². The van der Waals surface area contributed by atoms with Crippen LogP contribution in [0.4, 0.5) is 0 Å². The Balaban J connectivity index is 1.51. The number of carbonyl (C=O) groups is 1. The van der Waals surface area contributed by atoms with Crippen LogP contribution in [0, 0.1) is 13.8 Å². The van der Waals surface area contributed by atoms with E-state index in [0.29, 0.717) is 33.8 Å². The zero-order chi connectivity index (χ0) is 27.1. The molecule has 0 fully saturated rings. The summed E-state index contributed by atoms with van der Waals surface area (Å²) in [5.74, 6) is 2.08. The highest BCUT2D eigenvalue weighted by atomic mass is 32.2. The van der Waals surface area contributed by atoms with E-state index in [-0.39, 0.29) is 11.7 Å². The topological polar surface area (TPSA) is 99.9 Å². The predicted octanol–water partition coefficient (Wildman–Crippen LogP) is 4.82. The average Bonchev–Trinajstić information content (AvgIpc) is 3.36. The van der Waals surface area contributed by atoms with Crippen molar-refractivity contribution in [1.82, 2.24) is 20.2 Å². The van der Waals surface area contributed by atoms with Crippen LogP contribution in [0.25, 0.3) is 17.1 Å². The number of amides is 1. The lowest BCUT2D eigenvalue weighted by Crippen LogP contribution is -2.20. The maximum atomic E-state index is 12.6. The molecule has 38 heavy (non-hydrogen) atoms. The Labute approximate surface area is 225 Å². The van der Waals surface area contributed by atoms with Crippen molar-refractivity contribution in [3.63, 3.8) is 0 Å². The van der Waals surface area contributed by atoms with E-state index in [1.165, 1.54) is 32.2 Å². The summed E-state index contributed by atoms with van der Waals surface area (Å²) in [5.41, 5.74) is 7.29. The van der Waals surface area contributed by atoms with Gasteiger partial charge >= 0.3 is 0 Å². The van der Waals surface area contributed by atoms with Crippen molar-refractivity contribution in [2.45, 2.75) is 19.0 Å². The molecule has 4 aromatic rings. The molecular formula is C28H29N5O4S. The molecule has 0 saturated carbocycles. The first-order valence-electron chi connectivity index (χ1n) is 11.8. The minimum atomic E-state index is -0.298. The van der Waals surface area contributed by atoms with Crippen LogP contribution in [-0.2, 0) is 4.79 Å². The third-order valence-electron chi connectivity index (χ3n) is 5.70. The molecule has 1 amide bonds. The summed E-state index contributed by atoms with van der Waals surface area (Å²) in [6.45, 7) is 4.08. The Morgan fingerprint density at radius 3 is 2.11 bits per heavy atom. The van der Waals surface area contributed by atoms with Crippen molar-refractivity contribution in [2.24, 2.45) is 5.10 Å². The van der Waals surface area contributed by atoms with Crippen molar-refractivity contribution in [3.05, 3.63) is 77.4 Å². The molecule has 1 aromatic heterocycles. The van der Waals surface area contributed by atoms with Gasteiger partial charge in [-0.2, -0.15) is 5.10 Å². The maximum Gasteiger partial charge on any atom is 0.250 e. The number of hydrogen-bond acceptors (Lipinski definition) is 8. The summed E-state index contributed by atoms with van der Waals surface area (Å²) in [5, 5.41) is 13.5. The summed E-state index contributed by atoms with van der Waals surface area (Å²) in [4.78, 5) is 12.6. The van der Waals surface area contributed by atoms with Crippen LogP contribution in [0.2, 0.25) is 0 Å². The van der Waals surface area contributed by atoms with E-state index < -0.39 is 0 Å². The maximum absolute atomic E-state index is 12.6. The molecule has 0 aliphatic heterocycles. The van der Waals surface area contributed by atoms with Gasteiger partial charge in [0, 0.05) is 23.4 Å². The number of benzene rings is 3. The first-order chi connectivity index (χ1) is 18.4. The number of nitrogens with zero attached hydrogens (tertiary/aromatic N) is 4. The quantitative estimate of drug-likeness (QED) is 0.178. The number of rotatable bonds is 10. The fourth-order valence-electron chi connectivity index (χ4n) is 3.67. The van der Waals surface area contributed by atoms with Gasteiger partial charge in [0.1, 0.15) is 17.2 Å². The highest BCUT2D eigenvalue weighted by Gasteiger charge is 2.17. The van der Waals surface area contributed by atoms with Gasteiger partial charge in [-0.15, -0.1) is 10.2 Å². The molecule has 0 aliphatic carbocycles. The van der Waals surface area contributed by atoms with Crippen molar-refractivity contribution < 1.29 is 19.0 Å². The van der Waals surface area contributed by atoms with E-state index >= 15 is 0 Å². The first-order valence-corrected chi connectivity index (χ1v) is 12.8. The molecule has 0 unspecified atom stereocenters. The summed E-state index contributed by atoms with van der Waals surface area (Å²) in [7, 11) is 4.63. The molecule has 0 aliphatic rings. The number of nitrogens with one attached hydrogen (secondary N) is 1. The minimum Gasteiger partial charge on any atom is -0.496 e. The molecule has 10 heteroatoms. The average molecular weight is 532 g/mol. The van der Waals surface area contributed by atoms with Crippen LogP contribution in [0.5, 0.6) is 17.2 Å². The van der Waals surface area contributed by atoms with Gasteiger partial charge in [0.05, 0.1) is 38.9 Å². The van der Waals surface area contributed by atoms with E-state index in [9.17, 15) is 4.79 Å². The fourth-order valence-corrected chi connectivity index (χ4v) is 4.41. The normalized spacial score (nSPS) is 11.0. The number of ether oxygens (including phenoxy) is 3. The van der Waals surface area contributed by atoms with E-state index in [1.807, 2.05) is 66.9 Å². The summed E-state index contributed by atoms with van der Waals surface area (Å²) < 4.78 is 18.1. The second-order valence-electron chi connectivity index (χ2n) is 8.37. The van der Waals surface area contributed by atoms with Crippen molar-refractivity contribution in [1.29, 1.82) is 0 Å². The lowest BCUT2D eigenvalue weighted by molar-refractivity contribution is -0.118. The monoisotopic (exact) mass is 531 g/mol. The largest absolute Gasteiger partial charge is 0.496 e. The molecule has 1 N–H and O–H groups in total. The molecule has 0 saturated heterocycles. The zero-order valence-corrected chi connectivity index (χ0v) is 22.7. The van der Waals surface area contributed by atoms with E-state index in [2.05, 4.69) is 20.7 Å². The smallest absolute Gasteiger partial charge is 0.250 e. The van der Waals surface area contributed by atoms with Gasteiger partial charge in [0.2, 0.25) is 0 Å². The number of aryl methyl sites for hydroxylation is 2. The molecule has 0 atom stereocenters. The standard InChI is InChI=1S/C28H29N5O4S/c1-18-6-10-20(11-7-18)27-31-32-28(33(27)21-12-8-19(2)9-13-21)38-17-26(34)30-29-16-23-24(36-4)14-22(35-3)15-25(23)37-5/h6-16H,17H2,1-5H3,(H,30,34)/b29-16-. The second kappa shape index (κ2) is 12.3. The SMILES string of the molecule is COc1cc(OC)c(/C=N\NC(=O)CSc2nnc(-c3ccc(C)cc3)n2-c2ccc(C)cc2)c(OC)c1. The summed E-state index contributed by atoms with van der Waals surface area (Å²) >= 11 is 1.28. The van der Waals surface area contributed by atoms with Crippen LogP contribution < -0.4 is 19.6 Å². The molecule has 9 nitrogen and oxygen atoms in total. The van der Waals surface area contributed by atoms with Gasteiger partial charge < -0.3 is 14.2 Å². The zero-order valence-electron chi connectivity index (χ0n) is 21.9. The summed E-state index contributed by atoms with van der Waals surface area (Å²) in [6.07, 6.45) is 1.48. The third kappa shape index (κ3) is 6.15. The van der Waals surface area contributed by atoms with Crippen LogP contribution in [0.3, 0.4) is 0 Å². The van der Waals surface area contributed by atoms with Crippen molar-refractivity contribution >= 4 is 23.9 Å². The molecule has 0 radical (unpaired) electrons. The number of aromatic nitrogens is 3. The van der Waals surface area contributed by atoms with Crippen LogP contribution in [0.1, 0.15) is 16.7 Å². The number of thioether (sulfide) groups is 1. The fraction of sp³-hybridized carbons (Fsp3) is 0.214. The number of hydrogen-bond donors (Lipinski definition) is 1. The van der Waals surface area contributed by atoms with Gasteiger partial charge in [-0.1, -0.05) is 59.3 Å². The number of methoxy groups -OCH3 is 3. The number of carbonyl (C=O) groups excluding carboxylic acids is 1. The molecule has 0 spiro atoms. The van der Waals surface area contributed by atoms with Crippen LogP contribution in [0.15, 0.2) is 70.9 Å². The Hall–Kier alpha value is -4.31. The van der Waals surface area contributed by atoms with Gasteiger partial charge in [0.15, 0.2) is 11.0 Å². The van der Waals surface area contributed by atoms with Gasteiger partial charge in [-0.05, 0) is 26.0 Å². The predicted molar refractivity (Wildman–Crippen MR) is 149 cm³/mol. The molecular weight excluding hydrogens is 502 g/mol.